The van der Waals surface area contributed by atoms with Crippen LogP contribution in [-0.2, 0) is 21.2 Å². The summed E-state index contributed by atoms with van der Waals surface area (Å²) in [7, 11) is -3.90. The molecule has 1 rings (SSSR count). The summed E-state index contributed by atoms with van der Waals surface area (Å²) in [5.74, 6) is -1.01. The van der Waals surface area contributed by atoms with Crippen LogP contribution in [0.5, 0.6) is 0 Å². The lowest BCUT2D eigenvalue weighted by molar-refractivity contribution is -0.136. The van der Waals surface area contributed by atoms with Crippen LogP contribution in [0, 0.1) is 0 Å². The zero-order chi connectivity index (χ0) is 15.4. The lowest BCUT2D eigenvalue weighted by Gasteiger charge is -2.25. The van der Waals surface area contributed by atoms with Gasteiger partial charge >= 0.3 is 5.97 Å². The van der Waals surface area contributed by atoms with Crippen molar-refractivity contribution in [1.82, 2.24) is 4.72 Å². The minimum absolute atomic E-state index is 0.0697. The number of aliphatic hydroxyl groups excluding tert-OH is 2. The van der Waals surface area contributed by atoms with Gasteiger partial charge in [0, 0.05) is 0 Å². The van der Waals surface area contributed by atoms with Crippen LogP contribution in [0.25, 0.3) is 0 Å². The van der Waals surface area contributed by atoms with E-state index in [9.17, 15) is 13.2 Å². The summed E-state index contributed by atoms with van der Waals surface area (Å²) in [5.41, 5.74) is -0.887. The number of hydrogen-bond acceptors (Lipinski definition) is 5. The van der Waals surface area contributed by atoms with E-state index < -0.39 is 34.7 Å². The molecular weight excluding hydrogens is 286 g/mol. The van der Waals surface area contributed by atoms with Crippen molar-refractivity contribution < 1.29 is 28.5 Å². The first-order valence-electron chi connectivity index (χ1n) is 5.79. The van der Waals surface area contributed by atoms with Crippen molar-refractivity contribution in [2.75, 3.05) is 13.2 Å². The van der Waals surface area contributed by atoms with Crippen LogP contribution >= 0.6 is 0 Å². The average molecular weight is 303 g/mol. The van der Waals surface area contributed by atoms with Crippen molar-refractivity contribution in [2.24, 2.45) is 0 Å². The van der Waals surface area contributed by atoms with E-state index in [1.54, 1.807) is 0 Å². The largest absolute Gasteiger partial charge is 0.481 e. The maximum Gasteiger partial charge on any atom is 0.307 e. The fourth-order valence-electron chi connectivity index (χ4n) is 1.46. The van der Waals surface area contributed by atoms with Gasteiger partial charge in [0.05, 0.1) is 30.1 Å². The number of sulfonamides is 1. The molecule has 0 saturated heterocycles. The molecule has 1 aromatic carbocycles. The van der Waals surface area contributed by atoms with Gasteiger partial charge in [0.1, 0.15) is 0 Å². The van der Waals surface area contributed by atoms with Gasteiger partial charge in [-0.25, -0.2) is 13.1 Å². The van der Waals surface area contributed by atoms with E-state index in [-0.39, 0.29) is 11.3 Å². The molecule has 0 fully saturated rings. The van der Waals surface area contributed by atoms with Gasteiger partial charge in [0.25, 0.3) is 0 Å². The number of hydrogen-bond donors (Lipinski definition) is 4. The van der Waals surface area contributed by atoms with Gasteiger partial charge in [-0.2, -0.15) is 0 Å². The second-order valence-corrected chi connectivity index (χ2v) is 6.38. The molecule has 0 spiro atoms. The van der Waals surface area contributed by atoms with Gasteiger partial charge in [0.2, 0.25) is 10.0 Å². The zero-order valence-corrected chi connectivity index (χ0v) is 11.7. The molecule has 0 bridgehead atoms. The third kappa shape index (κ3) is 4.27. The van der Waals surface area contributed by atoms with Crippen LogP contribution in [0.4, 0.5) is 0 Å². The van der Waals surface area contributed by atoms with E-state index in [1.165, 1.54) is 31.2 Å². The third-order valence-electron chi connectivity index (χ3n) is 2.67. The van der Waals surface area contributed by atoms with E-state index in [4.69, 9.17) is 15.3 Å². The van der Waals surface area contributed by atoms with Gasteiger partial charge in [-0.3, -0.25) is 4.79 Å². The van der Waals surface area contributed by atoms with Gasteiger partial charge in [-0.15, -0.1) is 0 Å². The Kier molecular flexibility index (Phi) is 5.23. The van der Waals surface area contributed by atoms with Crippen molar-refractivity contribution in [1.29, 1.82) is 0 Å². The molecule has 0 aromatic heterocycles. The van der Waals surface area contributed by atoms with Crippen LogP contribution in [0.3, 0.4) is 0 Å². The highest BCUT2D eigenvalue weighted by Crippen LogP contribution is 2.14. The summed E-state index contributed by atoms with van der Waals surface area (Å²) in [5, 5.41) is 26.8. The molecule has 8 heteroatoms. The first-order valence-corrected chi connectivity index (χ1v) is 7.27. The number of carboxylic acids is 1. The molecule has 0 atom stereocenters. The molecule has 0 aliphatic rings. The quantitative estimate of drug-likeness (QED) is 0.530. The summed E-state index contributed by atoms with van der Waals surface area (Å²) in [6.07, 6.45) is -0.196. The predicted octanol–water partition coefficient (Wildman–Crippen LogP) is -0.665. The van der Waals surface area contributed by atoms with Gasteiger partial charge in [-0.05, 0) is 24.6 Å². The molecular formula is C12H17NO6S. The highest BCUT2D eigenvalue weighted by atomic mass is 32.2. The summed E-state index contributed by atoms with van der Waals surface area (Å²) >= 11 is 0. The maximum absolute atomic E-state index is 12.0. The fourth-order valence-corrected chi connectivity index (χ4v) is 2.85. The minimum atomic E-state index is -3.90. The van der Waals surface area contributed by atoms with Gasteiger partial charge < -0.3 is 15.3 Å². The summed E-state index contributed by atoms with van der Waals surface area (Å²) in [4.78, 5) is 10.5. The second kappa shape index (κ2) is 6.31. The number of carbonyl (C=O) groups is 1. The number of aliphatic carboxylic acids is 1. The molecule has 112 valence electrons. The molecule has 0 unspecified atom stereocenters. The standard InChI is InChI=1S/C12H17NO6S/c1-12(7-14,8-15)13-20(18,19)10-4-2-9(3-5-10)6-11(16)17/h2-5,13-15H,6-8H2,1H3,(H,16,17). The van der Waals surface area contributed by atoms with E-state index in [2.05, 4.69) is 4.72 Å². The summed E-state index contributed by atoms with van der Waals surface area (Å²) < 4.78 is 26.3. The molecule has 0 heterocycles. The number of carboxylic acid groups (broad SMARTS) is 1. The van der Waals surface area contributed by atoms with Gasteiger partial charge in [-0.1, -0.05) is 12.1 Å². The van der Waals surface area contributed by atoms with Crippen molar-refractivity contribution in [3.05, 3.63) is 29.8 Å². The predicted molar refractivity (Wildman–Crippen MR) is 70.7 cm³/mol. The molecule has 1 aromatic rings. The molecule has 0 aliphatic heterocycles. The smallest absolute Gasteiger partial charge is 0.307 e. The Morgan fingerprint density at radius 1 is 1.20 bits per heavy atom. The highest BCUT2D eigenvalue weighted by molar-refractivity contribution is 7.89. The van der Waals surface area contributed by atoms with E-state index >= 15 is 0 Å². The second-order valence-electron chi connectivity index (χ2n) is 4.70. The van der Waals surface area contributed by atoms with Crippen LogP contribution in [-0.4, -0.2) is 48.5 Å². The monoisotopic (exact) mass is 303 g/mol. The van der Waals surface area contributed by atoms with Crippen LogP contribution < -0.4 is 4.72 Å². The number of aliphatic hydroxyl groups is 2. The van der Waals surface area contributed by atoms with Crippen molar-refractivity contribution >= 4 is 16.0 Å². The Labute approximate surface area is 116 Å². The first kappa shape index (κ1) is 16.6. The topological polar surface area (TPSA) is 124 Å². The Morgan fingerprint density at radius 2 is 1.70 bits per heavy atom. The Morgan fingerprint density at radius 3 is 2.10 bits per heavy atom. The lowest BCUT2D eigenvalue weighted by atomic mass is 10.1. The van der Waals surface area contributed by atoms with Gasteiger partial charge in [0.15, 0.2) is 0 Å². The summed E-state index contributed by atoms with van der Waals surface area (Å²) in [6, 6.07) is 5.35. The van der Waals surface area contributed by atoms with E-state index in [0.29, 0.717) is 5.56 Å². The Bertz CT molecular complexity index is 562. The SMILES string of the molecule is CC(CO)(CO)NS(=O)(=O)c1ccc(CC(=O)O)cc1. The molecule has 0 saturated carbocycles. The van der Waals surface area contributed by atoms with Crippen molar-refractivity contribution in [3.8, 4) is 0 Å². The summed E-state index contributed by atoms with van der Waals surface area (Å²) in [6.45, 7) is 0.253. The molecule has 0 amide bonds. The fraction of sp³-hybridized carbons (Fsp3) is 0.417. The highest BCUT2D eigenvalue weighted by Gasteiger charge is 2.29. The minimum Gasteiger partial charge on any atom is -0.481 e. The number of nitrogens with one attached hydrogen (secondary N) is 1. The maximum atomic E-state index is 12.0. The van der Waals surface area contributed by atoms with Crippen LogP contribution in [0.15, 0.2) is 29.2 Å². The van der Waals surface area contributed by atoms with Crippen molar-refractivity contribution in [3.63, 3.8) is 0 Å². The third-order valence-corrected chi connectivity index (χ3v) is 4.32. The number of rotatable bonds is 7. The van der Waals surface area contributed by atoms with Crippen LogP contribution in [0.2, 0.25) is 0 Å². The molecule has 7 nitrogen and oxygen atoms in total. The van der Waals surface area contributed by atoms with E-state index in [0.717, 1.165) is 0 Å². The molecule has 4 N–H and O–H groups in total. The van der Waals surface area contributed by atoms with Crippen molar-refractivity contribution in [2.45, 2.75) is 23.8 Å². The average Bonchev–Trinajstić information content (AvgIpc) is 2.38. The zero-order valence-electron chi connectivity index (χ0n) is 10.9. The molecule has 0 radical (unpaired) electrons. The lowest BCUT2D eigenvalue weighted by Crippen LogP contribution is -2.51. The molecule has 0 aliphatic carbocycles. The number of benzene rings is 1. The van der Waals surface area contributed by atoms with E-state index in [1.807, 2.05) is 0 Å². The normalized spacial score (nSPS) is 12.3. The van der Waals surface area contributed by atoms with Crippen LogP contribution in [0.1, 0.15) is 12.5 Å². The Balaban J connectivity index is 2.96. The Hall–Kier alpha value is -1.48. The molecule has 20 heavy (non-hydrogen) atoms. The first-order chi connectivity index (χ1) is 9.22.